The Balaban J connectivity index is 1.97. The first kappa shape index (κ1) is 17.2. The number of carbonyl (C=O) groups excluding carboxylic acids is 1. The van der Waals surface area contributed by atoms with Crippen LogP contribution in [0.2, 0.25) is 0 Å². The Bertz CT molecular complexity index is 613. The Morgan fingerprint density at radius 1 is 1.39 bits per heavy atom. The maximum atomic E-state index is 11.7. The van der Waals surface area contributed by atoms with Crippen LogP contribution in [-0.4, -0.2) is 30.4 Å². The van der Waals surface area contributed by atoms with Gasteiger partial charge in [-0.3, -0.25) is 10.2 Å². The number of ether oxygens (including phenoxy) is 2. The van der Waals surface area contributed by atoms with Crippen LogP contribution in [-0.2, 0) is 4.79 Å². The highest BCUT2D eigenvalue weighted by molar-refractivity contribution is 7.80. The molecule has 0 amide bonds. The highest BCUT2D eigenvalue weighted by Crippen LogP contribution is 2.34. The van der Waals surface area contributed by atoms with Gasteiger partial charge in [-0.2, -0.15) is 5.10 Å². The van der Waals surface area contributed by atoms with Gasteiger partial charge in [-0.1, -0.05) is 0 Å². The second-order valence-electron chi connectivity index (χ2n) is 5.60. The molecule has 7 heteroatoms. The van der Waals surface area contributed by atoms with Crippen LogP contribution in [0.3, 0.4) is 0 Å². The summed E-state index contributed by atoms with van der Waals surface area (Å²) in [6, 6.07) is 5.48. The fraction of sp³-hybridized carbons (Fsp3) is 0.438. The van der Waals surface area contributed by atoms with Gasteiger partial charge in [-0.15, -0.1) is 0 Å². The van der Waals surface area contributed by atoms with Crippen molar-refractivity contribution in [2.24, 2.45) is 11.0 Å². The van der Waals surface area contributed by atoms with Crippen molar-refractivity contribution in [1.82, 2.24) is 10.7 Å². The molecule has 1 saturated carbocycles. The van der Waals surface area contributed by atoms with Crippen molar-refractivity contribution in [2.75, 3.05) is 7.11 Å². The minimum atomic E-state index is -0.198. The molecule has 124 valence electrons. The van der Waals surface area contributed by atoms with Gasteiger partial charge in [0.15, 0.2) is 16.6 Å². The summed E-state index contributed by atoms with van der Waals surface area (Å²) >= 11 is 5.07. The number of hydrogen-bond donors (Lipinski definition) is 2. The molecule has 1 aromatic rings. The van der Waals surface area contributed by atoms with Gasteiger partial charge < -0.3 is 14.8 Å². The van der Waals surface area contributed by atoms with Crippen molar-refractivity contribution in [2.45, 2.75) is 32.7 Å². The molecule has 1 aliphatic carbocycles. The third-order valence-corrected chi connectivity index (χ3v) is 3.32. The van der Waals surface area contributed by atoms with Crippen molar-refractivity contribution in [1.29, 1.82) is 0 Å². The molecule has 1 fully saturated rings. The molecule has 0 bridgehead atoms. The number of methoxy groups -OCH3 is 1. The summed E-state index contributed by atoms with van der Waals surface area (Å²) in [7, 11) is 1.53. The summed E-state index contributed by atoms with van der Waals surface area (Å²) in [6.45, 7) is 3.98. The van der Waals surface area contributed by atoms with Crippen LogP contribution < -0.4 is 20.2 Å². The monoisotopic (exact) mass is 335 g/mol. The van der Waals surface area contributed by atoms with Gasteiger partial charge in [0.25, 0.3) is 0 Å². The minimum absolute atomic E-state index is 0.0413. The number of thiocarbonyl (C=S) groups is 1. The number of benzene rings is 1. The summed E-state index contributed by atoms with van der Waals surface area (Å²) < 4.78 is 10.6. The lowest BCUT2D eigenvalue weighted by Gasteiger charge is -2.10. The first-order valence-electron chi connectivity index (χ1n) is 7.49. The molecule has 23 heavy (non-hydrogen) atoms. The van der Waals surface area contributed by atoms with E-state index in [0.29, 0.717) is 16.6 Å². The molecular weight excluding hydrogens is 314 g/mol. The zero-order chi connectivity index (χ0) is 16.8. The fourth-order valence-corrected chi connectivity index (χ4v) is 2.11. The first-order valence-corrected chi connectivity index (χ1v) is 7.89. The Hall–Kier alpha value is -2.15. The van der Waals surface area contributed by atoms with Gasteiger partial charge in [-0.25, -0.2) is 0 Å². The highest BCUT2D eigenvalue weighted by Gasteiger charge is 2.32. The van der Waals surface area contributed by atoms with E-state index in [1.54, 1.807) is 24.4 Å². The van der Waals surface area contributed by atoms with Crippen LogP contribution in [0.25, 0.3) is 0 Å². The molecule has 0 heterocycles. The van der Waals surface area contributed by atoms with Crippen LogP contribution in [0, 0.1) is 5.92 Å². The van der Waals surface area contributed by atoms with E-state index in [0.717, 1.165) is 18.4 Å². The van der Waals surface area contributed by atoms with Gasteiger partial charge in [0.05, 0.1) is 19.2 Å². The first-order chi connectivity index (χ1) is 11.0. The Labute approximate surface area is 141 Å². The molecular formula is C16H21N3O3S. The molecule has 0 aliphatic heterocycles. The molecule has 2 rings (SSSR count). The van der Waals surface area contributed by atoms with Gasteiger partial charge in [0.2, 0.25) is 0 Å². The predicted octanol–water partition coefficient (Wildman–Crippen LogP) is 2.22. The smallest absolute Gasteiger partial charge is 0.314 e. The quantitative estimate of drug-likeness (QED) is 0.273. The number of hydrogen-bond acceptors (Lipinski definition) is 5. The molecule has 0 saturated heterocycles. The zero-order valence-electron chi connectivity index (χ0n) is 13.5. The summed E-state index contributed by atoms with van der Waals surface area (Å²) in [5.74, 6) is 0.758. The average molecular weight is 335 g/mol. The van der Waals surface area contributed by atoms with E-state index in [4.69, 9.17) is 21.7 Å². The third kappa shape index (κ3) is 5.52. The number of esters is 1. The molecule has 6 nitrogen and oxygen atoms in total. The van der Waals surface area contributed by atoms with Gasteiger partial charge in [0, 0.05) is 6.04 Å². The fourth-order valence-electron chi connectivity index (χ4n) is 1.82. The number of rotatable bonds is 6. The van der Waals surface area contributed by atoms with Gasteiger partial charge >= 0.3 is 5.97 Å². The van der Waals surface area contributed by atoms with Gasteiger partial charge in [0.1, 0.15) is 0 Å². The average Bonchev–Trinajstić information content (AvgIpc) is 3.32. The van der Waals surface area contributed by atoms with Crippen LogP contribution in [0.5, 0.6) is 11.5 Å². The van der Waals surface area contributed by atoms with Gasteiger partial charge in [-0.05, 0) is 62.7 Å². The Kier molecular flexibility index (Phi) is 5.92. The van der Waals surface area contributed by atoms with E-state index in [9.17, 15) is 4.79 Å². The molecule has 1 aromatic carbocycles. The Morgan fingerprint density at radius 3 is 2.74 bits per heavy atom. The third-order valence-electron chi connectivity index (χ3n) is 3.11. The van der Waals surface area contributed by atoms with Crippen molar-refractivity contribution < 1.29 is 14.3 Å². The maximum absolute atomic E-state index is 11.7. The molecule has 0 aromatic heterocycles. The van der Waals surface area contributed by atoms with E-state index in [1.807, 2.05) is 13.8 Å². The largest absolute Gasteiger partial charge is 0.493 e. The van der Waals surface area contributed by atoms with Crippen molar-refractivity contribution in [3.63, 3.8) is 0 Å². The highest BCUT2D eigenvalue weighted by atomic mass is 32.1. The van der Waals surface area contributed by atoms with Crippen molar-refractivity contribution in [3.05, 3.63) is 23.8 Å². The number of nitrogens with zero attached hydrogens (tertiary/aromatic N) is 1. The summed E-state index contributed by atoms with van der Waals surface area (Å²) in [6.07, 6.45) is 3.42. The lowest BCUT2D eigenvalue weighted by atomic mass is 10.2. The van der Waals surface area contributed by atoms with E-state index in [1.165, 1.54) is 7.11 Å². The maximum Gasteiger partial charge on any atom is 0.314 e. The lowest BCUT2D eigenvalue weighted by Crippen LogP contribution is -2.36. The summed E-state index contributed by atoms with van der Waals surface area (Å²) in [5, 5.41) is 7.54. The molecule has 2 N–H and O–H groups in total. The van der Waals surface area contributed by atoms with Crippen molar-refractivity contribution in [3.8, 4) is 11.5 Å². The van der Waals surface area contributed by atoms with Crippen molar-refractivity contribution >= 4 is 29.5 Å². The number of nitrogens with one attached hydrogen (secondary N) is 2. The van der Waals surface area contributed by atoms with Crippen LogP contribution in [0.1, 0.15) is 32.3 Å². The van der Waals surface area contributed by atoms with E-state index in [2.05, 4.69) is 15.8 Å². The Morgan fingerprint density at radius 2 is 2.13 bits per heavy atom. The molecule has 0 unspecified atom stereocenters. The summed E-state index contributed by atoms with van der Waals surface area (Å²) in [4.78, 5) is 11.7. The van der Waals surface area contributed by atoms with Crippen LogP contribution >= 0.6 is 12.2 Å². The summed E-state index contributed by atoms with van der Waals surface area (Å²) in [5.41, 5.74) is 3.53. The SMILES string of the molecule is COc1cc(/C=N\NC(=S)NC(C)C)ccc1OC(=O)C1CC1. The normalized spacial score (nSPS) is 13.9. The molecule has 0 atom stereocenters. The van der Waals surface area contributed by atoms with E-state index in [-0.39, 0.29) is 17.9 Å². The molecule has 0 spiro atoms. The molecule has 1 aliphatic rings. The van der Waals surface area contributed by atoms with Crippen LogP contribution in [0.15, 0.2) is 23.3 Å². The number of hydrazone groups is 1. The topological polar surface area (TPSA) is 71.9 Å². The van der Waals surface area contributed by atoms with Crippen LogP contribution in [0.4, 0.5) is 0 Å². The minimum Gasteiger partial charge on any atom is -0.493 e. The van der Waals surface area contributed by atoms with E-state index < -0.39 is 0 Å². The second-order valence-corrected chi connectivity index (χ2v) is 6.01. The standard InChI is InChI=1S/C16H21N3O3S/c1-10(2)18-16(23)19-17-9-11-4-7-13(14(8-11)21-3)22-15(20)12-5-6-12/h4,7-10,12H,5-6H2,1-3H3,(H2,18,19,23)/b17-9-. The lowest BCUT2D eigenvalue weighted by molar-refractivity contribution is -0.135. The zero-order valence-corrected chi connectivity index (χ0v) is 14.3. The second kappa shape index (κ2) is 7.92. The predicted molar refractivity (Wildman–Crippen MR) is 93.0 cm³/mol. The molecule has 0 radical (unpaired) electrons. The van der Waals surface area contributed by atoms with E-state index >= 15 is 0 Å². The number of carbonyl (C=O) groups is 1.